The van der Waals surface area contributed by atoms with E-state index in [-0.39, 0.29) is 0 Å². The first-order valence-corrected chi connectivity index (χ1v) is 7.14. The number of rotatable bonds is 9. The molecule has 1 aliphatic rings. The van der Waals surface area contributed by atoms with E-state index in [2.05, 4.69) is 23.8 Å². The molecular weight excluding hydrogens is 268 g/mol. The Kier molecular flexibility index (Phi) is 6.40. The zero-order valence-corrected chi connectivity index (χ0v) is 12.4. The highest BCUT2D eigenvalue weighted by molar-refractivity contribution is 5.69. The molecule has 1 aromatic carbocycles. The lowest BCUT2D eigenvalue weighted by Gasteiger charge is -2.15. The number of hydrazine groups is 1. The van der Waals surface area contributed by atoms with Gasteiger partial charge in [-0.25, -0.2) is 5.43 Å². The van der Waals surface area contributed by atoms with Gasteiger partial charge in [0.15, 0.2) is 0 Å². The number of benzene rings is 1. The molecular formula is C16H22N2O3. The van der Waals surface area contributed by atoms with Crippen molar-refractivity contribution in [1.82, 2.24) is 10.4 Å². The molecule has 1 aromatic rings. The van der Waals surface area contributed by atoms with Crippen LogP contribution in [0.2, 0.25) is 0 Å². The van der Waals surface area contributed by atoms with Crippen molar-refractivity contribution in [3.05, 3.63) is 41.6 Å². The summed E-state index contributed by atoms with van der Waals surface area (Å²) >= 11 is 0. The topological polar surface area (TPSA) is 50.8 Å². The summed E-state index contributed by atoms with van der Waals surface area (Å²) in [4.78, 5) is 10.6. The first-order chi connectivity index (χ1) is 10.3. The third-order valence-corrected chi connectivity index (χ3v) is 3.31. The van der Waals surface area contributed by atoms with Crippen LogP contribution in [0.25, 0.3) is 5.57 Å². The predicted octanol–water partition coefficient (Wildman–Crippen LogP) is 1.25. The van der Waals surface area contributed by atoms with Crippen molar-refractivity contribution in [3.63, 3.8) is 0 Å². The molecule has 5 heteroatoms. The molecule has 0 radical (unpaired) electrons. The minimum atomic E-state index is 0.464. The van der Waals surface area contributed by atoms with Crippen LogP contribution < -0.4 is 5.43 Å². The molecule has 0 aromatic heterocycles. The fraction of sp³-hybridized carbons (Fsp3) is 0.438. The van der Waals surface area contributed by atoms with Gasteiger partial charge in [-0.1, -0.05) is 24.3 Å². The van der Waals surface area contributed by atoms with Gasteiger partial charge in [0.25, 0.3) is 0 Å². The van der Waals surface area contributed by atoms with Crippen LogP contribution in [0.15, 0.2) is 30.5 Å². The fourth-order valence-electron chi connectivity index (χ4n) is 2.19. The third-order valence-electron chi connectivity index (χ3n) is 3.31. The average Bonchev–Trinajstić information content (AvgIpc) is 2.97. The first-order valence-electron chi connectivity index (χ1n) is 7.14. The largest absolute Gasteiger partial charge is 0.382 e. The number of carbonyl (C=O) groups is 1. The highest BCUT2D eigenvalue weighted by Gasteiger charge is 2.13. The Balaban J connectivity index is 1.85. The van der Waals surface area contributed by atoms with Gasteiger partial charge in [0.2, 0.25) is 0 Å². The number of hydrogen-bond donors (Lipinski definition) is 1. The molecule has 21 heavy (non-hydrogen) atoms. The van der Waals surface area contributed by atoms with Crippen LogP contribution in [-0.2, 0) is 20.7 Å². The Bertz CT molecular complexity index is 488. The van der Waals surface area contributed by atoms with Crippen molar-refractivity contribution in [2.45, 2.75) is 6.42 Å². The zero-order valence-electron chi connectivity index (χ0n) is 12.4. The minimum Gasteiger partial charge on any atom is -0.382 e. The summed E-state index contributed by atoms with van der Waals surface area (Å²) in [6.45, 7) is 3.49. The van der Waals surface area contributed by atoms with Gasteiger partial charge in [0, 0.05) is 26.3 Å². The standard InChI is InChI=1S/C16H22N2O3/c1-20-9-10-21-8-6-18-13-16(12-17-18)15-4-2-3-14(11-15)5-7-19/h2-4,7,11,13,17H,5-6,8-10,12H2,1H3. The second-order valence-electron chi connectivity index (χ2n) is 4.86. The second kappa shape index (κ2) is 8.56. The molecule has 1 N–H and O–H groups in total. The molecule has 114 valence electrons. The number of nitrogens with zero attached hydrogens (tertiary/aromatic N) is 1. The number of ether oxygens (including phenoxy) is 2. The number of carbonyl (C=O) groups excluding carboxylic acids is 1. The van der Waals surface area contributed by atoms with Gasteiger partial charge in [-0.2, -0.15) is 0 Å². The van der Waals surface area contributed by atoms with Crippen molar-refractivity contribution in [1.29, 1.82) is 0 Å². The Morgan fingerprint density at radius 3 is 3.05 bits per heavy atom. The maximum Gasteiger partial charge on any atom is 0.124 e. The van der Waals surface area contributed by atoms with Gasteiger partial charge in [0.05, 0.1) is 26.4 Å². The maximum atomic E-state index is 10.6. The van der Waals surface area contributed by atoms with E-state index >= 15 is 0 Å². The number of nitrogens with one attached hydrogen (secondary N) is 1. The van der Waals surface area contributed by atoms with Gasteiger partial charge in [0.1, 0.15) is 6.29 Å². The highest BCUT2D eigenvalue weighted by Crippen LogP contribution is 2.19. The Labute approximate surface area is 125 Å². The molecule has 0 fully saturated rings. The number of aldehydes is 1. The van der Waals surface area contributed by atoms with Gasteiger partial charge in [-0.15, -0.1) is 0 Å². The van der Waals surface area contributed by atoms with Crippen molar-refractivity contribution < 1.29 is 14.3 Å². The summed E-state index contributed by atoms with van der Waals surface area (Å²) in [7, 11) is 1.67. The SMILES string of the molecule is COCCOCCN1C=C(c2cccc(CC=O)c2)CN1. The van der Waals surface area contributed by atoms with Crippen molar-refractivity contribution in [2.24, 2.45) is 0 Å². The molecule has 1 aliphatic heterocycles. The Morgan fingerprint density at radius 1 is 1.33 bits per heavy atom. The lowest BCUT2D eigenvalue weighted by Crippen LogP contribution is -2.32. The molecule has 0 atom stereocenters. The molecule has 0 aliphatic carbocycles. The molecule has 1 heterocycles. The van der Waals surface area contributed by atoms with Gasteiger partial charge in [-0.3, -0.25) is 0 Å². The van der Waals surface area contributed by atoms with Crippen molar-refractivity contribution in [2.75, 3.05) is 40.0 Å². The average molecular weight is 290 g/mol. The van der Waals surface area contributed by atoms with E-state index in [0.717, 1.165) is 30.5 Å². The summed E-state index contributed by atoms with van der Waals surface area (Å²) in [5, 5.41) is 2.04. The van der Waals surface area contributed by atoms with Crippen molar-refractivity contribution in [3.8, 4) is 0 Å². The molecule has 0 saturated carbocycles. The molecule has 0 spiro atoms. The summed E-state index contributed by atoms with van der Waals surface area (Å²) in [6.07, 6.45) is 3.50. The van der Waals surface area contributed by atoms with Crippen LogP contribution in [0.3, 0.4) is 0 Å². The molecule has 0 bridgehead atoms. The van der Waals surface area contributed by atoms with E-state index in [1.165, 1.54) is 5.57 Å². The molecule has 0 saturated heterocycles. The van der Waals surface area contributed by atoms with Crippen molar-refractivity contribution >= 4 is 11.9 Å². The molecule has 0 amide bonds. The van der Waals surface area contributed by atoms with Crippen LogP contribution in [-0.4, -0.2) is 51.3 Å². The van der Waals surface area contributed by atoms with Crippen LogP contribution in [0.4, 0.5) is 0 Å². The molecule has 2 rings (SSSR count). The van der Waals surface area contributed by atoms with E-state index in [9.17, 15) is 4.79 Å². The van der Waals surface area contributed by atoms with Crippen LogP contribution in [0, 0.1) is 0 Å². The smallest absolute Gasteiger partial charge is 0.124 e. The Morgan fingerprint density at radius 2 is 2.24 bits per heavy atom. The summed E-state index contributed by atoms with van der Waals surface area (Å²) < 4.78 is 10.4. The third kappa shape index (κ3) is 4.97. The van der Waals surface area contributed by atoms with Gasteiger partial charge < -0.3 is 19.3 Å². The van der Waals surface area contributed by atoms with E-state index < -0.39 is 0 Å². The van der Waals surface area contributed by atoms with E-state index in [1.54, 1.807) is 7.11 Å². The van der Waals surface area contributed by atoms with Crippen LogP contribution in [0.5, 0.6) is 0 Å². The van der Waals surface area contributed by atoms with E-state index in [1.807, 2.05) is 17.1 Å². The quantitative estimate of drug-likeness (QED) is 0.548. The number of hydrogen-bond acceptors (Lipinski definition) is 5. The second-order valence-corrected chi connectivity index (χ2v) is 4.86. The molecule has 5 nitrogen and oxygen atoms in total. The molecule has 0 unspecified atom stereocenters. The van der Waals surface area contributed by atoms with Crippen LogP contribution in [0.1, 0.15) is 11.1 Å². The monoisotopic (exact) mass is 290 g/mol. The lowest BCUT2D eigenvalue weighted by atomic mass is 10.0. The lowest BCUT2D eigenvalue weighted by molar-refractivity contribution is -0.107. The Hall–Kier alpha value is -1.69. The zero-order chi connectivity index (χ0) is 14.9. The highest BCUT2D eigenvalue weighted by atomic mass is 16.5. The van der Waals surface area contributed by atoms with Crippen LogP contribution >= 0.6 is 0 Å². The minimum absolute atomic E-state index is 0.464. The fourth-order valence-corrected chi connectivity index (χ4v) is 2.19. The summed E-state index contributed by atoms with van der Waals surface area (Å²) in [5.41, 5.74) is 6.73. The van der Waals surface area contributed by atoms with E-state index in [0.29, 0.717) is 26.2 Å². The maximum absolute atomic E-state index is 10.6. The summed E-state index contributed by atoms with van der Waals surface area (Å²) in [5.74, 6) is 0. The van der Waals surface area contributed by atoms with Gasteiger partial charge >= 0.3 is 0 Å². The predicted molar refractivity (Wildman–Crippen MR) is 81.6 cm³/mol. The first kappa shape index (κ1) is 15.7. The van der Waals surface area contributed by atoms with Gasteiger partial charge in [-0.05, 0) is 16.7 Å². The number of methoxy groups -OCH3 is 1. The normalized spacial score (nSPS) is 14.3. The van der Waals surface area contributed by atoms with E-state index in [4.69, 9.17) is 9.47 Å². The summed E-state index contributed by atoms with van der Waals surface area (Å²) in [6, 6.07) is 8.11.